The summed E-state index contributed by atoms with van der Waals surface area (Å²) in [5.74, 6) is -3.07. The molecule has 0 aliphatic rings. The molecule has 10 heavy (non-hydrogen) atoms. The molecule has 0 saturated heterocycles. The monoisotopic (exact) mass is 136 g/mol. The fraction of sp³-hybridized carbons (Fsp3) is 0. The van der Waals surface area contributed by atoms with E-state index < -0.39 is 17.5 Å². The van der Waals surface area contributed by atoms with Gasteiger partial charge in [-0.2, -0.15) is 0 Å². The van der Waals surface area contributed by atoms with Crippen LogP contribution in [0.3, 0.4) is 0 Å². The fourth-order valence-electron chi connectivity index (χ4n) is 0.318. The second kappa shape index (κ2) is 3.25. The van der Waals surface area contributed by atoms with E-state index in [2.05, 4.69) is 9.68 Å². The van der Waals surface area contributed by atoms with Crippen LogP contribution >= 0.6 is 0 Å². The van der Waals surface area contributed by atoms with Crippen molar-refractivity contribution in [1.29, 1.82) is 0 Å². The van der Waals surface area contributed by atoms with E-state index in [4.69, 9.17) is 0 Å². The molecule has 0 atom stereocenters. The maximum Gasteiger partial charge on any atom is 1.00 e. The normalized spacial score (nSPS) is 8.40. The summed E-state index contributed by atoms with van der Waals surface area (Å²) in [6.07, 6.45) is 0. The predicted octanol–water partition coefficient (Wildman–Crippen LogP) is -5.27. The van der Waals surface area contributed by atoms with Crippen LogP contribution in [0, 0.1) is 0 Å². The van der Waals surface area contributed by atoms with Gasteiger partial charge in [0.05, 0.1) is 0 Å². The Labute approximate surface area is 66.4 Å². The number of carbonyl (C=O) groups excluding carboxylic acids is 1. The van der Waals surface area contributed by atoms with Gasteiger partial charge in [0.15, 0.2) is 5.82 Å². The first-order valence-corrected chi connectivity index (χ1v) is 1.97. The summed E-state index contributed by atoms with van der Waals surface area (Å²) in [6, 6.07) is 0. The molecule has 0 aliphatic heterocycles. The van der Waals surface area contributed by atoms with Gasteiger partial charge in [-0.05, 0) is 0 Å². The van der Waals surface area contributed by atoms with Crippen LogP contribution in [0.25, 0.3) is 0 Å². The summed E-state index contributed by atoms with van der Waals surface area (Å²) in [5.41, 5.74) is 0. The Kier molecular flexibility index (Phi) is 2.92. The van der Waals surface area contributed by atoms with Gasteiger partial charge >= 0.3 is 24.6 Å². The summed E-state index contributed by atoms with van der Waals surface area (Å²) in [6.45, 7) is 0. The molecule has 0 radical (unpaired) electrons. The Morgan fingerprint density at radius 1 is 1.70 bits per heavy atom. The van der Waals surface area contributed by atoms with Crippen molar-refractivity contribution >= 4 is 5.97 Å². The van der Waals surface area contributed by atoms with E-state index in [1.165, 1.54) is 0 Å². The van der Waals surface area contributed by atoms with Crippen molar-refractivity contribution < 1.29 is 33.3 Å². The molecule has 48 valence electrons. The minimum Gasteiger partial charge on any atom is -0.541 e. The molecule has 1 aromatic rings. The summed E-state index contributed by atoms with van der Waals surface area (Å²) in [7, 11) is 0. The largest absolute Gasteiger partial charge is 1.00 e. The van der Waals surface area contributed by atoms with E-state index in [1.54, 1.807) is 4.98 Å². The SMILES string of the molecule is O=C([O-])c1noc(=O)[nH]1.[Li+]. The summed E-state index contributed by atoms with van der Waals surface area (Å²) in [5, 5.41) is 12.6. The third kappa shape index (κ3) is 1.75. The van der Waals surface area contributed by atoms with Crippen LogP contribution in [0.2, 0.25) is 0 Å². The molecule has 1 rings (SSSR count). The number of carboxylic acids is 1. The number of aromatic carboxylic acids is 1. The van der Waals surface area contributed by atoms with Gasteiger partial charge in [-0.15, -0.1) is 0 Å². The van der Waals surface area contributed by atoms with Crippen molar-refractivity contribution in [1.82, 2.24) is 10.1 Å². The van der Waals surface area contributed by atoms with E-state index >= 15 is 0 Å². The van der Waals surface area contributed by atoms with Crippen LogP contribution < -0.4 is 29.7 Å². The third-order valence-corrected chi connectivity index (χ3v) is 0.634. The first-order chi connectivity index (χ1) is 4.20. The van der Waals surface area contributed by atoms with Crippen LogP contribution in [0.5, 0.6) is 0 Å². The minimum atomic E-state index is -1.57. The Hall–Kier alpha value is -0.993. The number of H-pyrrole nitrogens is 1. The quantitative estimate of drug-likeness (QED) is 0.389. The Morgan fingerprint density at radius 2 is 2.30 bits per heavy atom. The average molecular weight is 136 g/mol. The second-order valence-electron chi connectivity index (χ2n) is 1.23. The topological polar surface area (TPSA) is 99.0 Å². The molecule has 1 heterocycles. The fourth-order valence-corrected chi connectivity index (χ4v) is 0.318. The van der Waals surface area contributed by atoms with Crippen LogP contribution in [0.15, 0.2) is 9.32 Å². The van der Waals surface area contributed by atoms with Crippen LogP contribution in [-0.4, -0.2) is 16.1 Å². The van der Waals surface area contributed by atoms with Gasteiger partial charge in [0.25, 0.3) is 0 Å². The van der Waals surface area contributed by atoms with E-state index in [1.807, 2.05) is 0 Å². The number of aromatic nitrogens is 2. The number of hydrogen-bond acceptors (Lipinski definition) is 5. The summed E-state index contributed by atoms with van der Waals surface area (Å²) < 4.78 is 3.84. The number of carbonyl (C=O) groups is 1. The number of aromatic amines is 1. The van der Waals surface area contributed by atoms with Crippen LogP contribution in [-0.2, 0) is 0 Å². The first kappa shape index (κ1) is 9.01. The molecule has 0 aliphatic carbocycles. The van der Waals surface area contributed by atoms with E-state index in [0.29, 0.717) is 0 Å². The van der Waals surface area contributed by atoms with Gasteiger partial charge in [-0.1, -0.05) is 5.16 Å². The molecule has 0 bridgehead atoms. The molecular weight excluding hydrogens is 135 g/mol. The number of rotatable bonds is 1. The zero-order valence-electron chi connectivity index (χ0n) is 5.08. The zero-order chi connectivity index (χ0) is 6.85. The smallest absolute Gasteiger partial charge is 0.541 e. The first-order valence-electron chi connectivity index (χ1n) is 1.97. The summed E-state index contributed by atoms with van der Waals surface area (Å²) in [4.78, 5) is 21.6. The molecule has 0 amide bonds. The van der Waals surface area contributed by atoms with E-state index in [0.717, 1.165) is 0 Å². The molecule has 0 saturated carbocycles. The number of nitrogens with one attached hydrogen (secondary N) is 1. The average Bonchev–Trinajstić information content (AvgIpc) is 2.14. The van der Waals surface area contributed by atoms with Crippen molar-refractivity contribution in [3.8, 4) is 0 Å². The maximum atomic E-state index is 10.0. The van der Waals surface area contributed by atoms with Gasteiger partial charge in [0.1, 0.15) is 5.97 Å². The van der Waals surface area contributed by atoms with Crippen LogP contribution in [0.1, 0.15) is 10.6 Å². The van der Waals surface area contributed by atoms with Gasteiger partial charge in [0.2, 0.25) is 0 Å². The van der Waals surface area contributed by atoms with Gasteiger partial charge < -0.3 is 9.90 Å². The van der Waals surface area contributed by atoms with Crippen molar-refractivity contribution in [3.63, 3.8) is 0 Å². The van der Waals surface area contributed by atoms with E-state index in [9.17, 15) is 14.7 Å². The van der Waals surface area contributed by atoms with Crippen molar-refractivity contribution in [3.05, 3.63) is 16.4 Å². The zero-order valence-corrected chi connectivity index (χ0v) is 5.08. The number of hydrogen-bond donors (Lipinski definition) is 1. The molecule has 0 aromatic carbocycles. The molecular formula is C3HLiN2O4. The molecule has 0 unspecified atom stereocenters. The number of nitrogens with zero attached hydrogens (tertiary/aromatic N) is 1. The van der Waals surface area contributed by atoms with Gasteiger partial charge in [0, 0.05) is 0 Å². The molecule has 7 heteroatoms. The molecule has 0 fully saturated rings. The van der Waals surface area contributed by atoms with Gasteiger partial charge in [-0.3, -0.25) is 9.51 Å². The Bertz CT molecular complexity index is 276. The molecule has 1 aromatic heterocycles. The van der Waals surface area contributed by atoms with Gasteiger partial charge in [-0.25, -0.2) is 4.79 Å². The summed E-state index contributed by atoms with van der Waals surface area (Å²) >= 11 is 0. The third-order valence-electron chi connectivity index (χ3n) is 0.634. The van der Waals surface area contributed by atoms with Crippen molar-refractivity contribution in [2.24, 2.45) is 0 Å². The van der Waals surface area contributed by atoms with Crippen molar-refractivity contribution in [2.75, 3.05) is 0 Å². The standard InChI is InChI=1S/C3H2N2O4.Li/c6-2(7)1-4-3(8)9-5-1;/h(H,6,7)(H,4,5,8);/q;+1/p-1. The maximum absolute atomic E-state index is 10.0. The molecule has 0 spiro atoms. The molecule has 1 N–H and O–H groups in total. The second-order valence-corrected chi connectivity index (χ2v) is 1.23. The minimum absolute atomic E-state index is 0. The van der Waals surface area contributed by atoms with Crippen LogP contribution in [0.4, 0.5) is 0 Å². The predicted molar refractivity (Wildman–Crippen MR) is 21.5 cm³/mol. The Balaban J connectivity index is 0.000000810. The Morgan fingerprint density at radius 3 is 2.50 bits per heavy atom. The van der Waals surface area contributed by atoms with E-state index in [-0.39, 0.29) is 18.9 Å². The molecule has 6 nitrogen and oxygen atoms in total. The number of carboxylic acid groups (broad SMARTS) is 1. The van der Waals surface area contributed by atoms with Crippen molar-refractivity contribution in [2.45, 2.75) is 0 Å².